The van der Waals surface area contributed by atoms with Crippen LogP contribution in [0.25, 0.3) is 0 Å². The summed E-state index contributed by atoms with van der Waals surface area (Å²) in [6.07, 6.45) is 2.30. The molecule has 0 spiro atoms. The highest BCUT2D eigenvalue weighted by Crippen LogP contribution is 2.22. The van der Waals surface area contributed by atoms with E-state index in [1.807, 2.05) is 24.3 Å². The van der Waals surface area contributed by atoms with Gasteiger partial charge in [-0.1, -0.05) is 18.2 Å². The van der Waals surface area contributed by atoms with Gasteiger partial charge in [-0.25, -0.2) is 4.79 Å². The van der Waals surface area contributed by atoms with Crippen LogP contribution in [0.5, 0.6) is 5.75 Å². The lowest BCUT2D eigenvalue weighted by Gasteiger charge is -2.21. The number of hydrogen-bond acceptors (Lipinski definition) is 3. The molecule has 5 heteroatoms. The summed E-state index contributed by atoms with van der Waals surface area (Å²) in [5.74, 6) is 0.877. The maximum atomic E-state index is 12.2. The van der Waals surface area contributed by atoms with Crippen molar-refractivity contribution < 1.29 is 14.3 Å². The fraction of sp³-hybridized carbons (Fsp3) is 0.533. The minimum Gasteiger partial charge on any atom is -0.491 e. The zero-order valence-corrected chi connectivity index (χ0v) is 11.5. The topological polar surface area (TPSA) is 50.8 Å². The van der Waals surface area contributed by atoms with Crippen LogP contribution in [0.4, 0.5) is 4.79 Å². The SMILES string of the molecule is O=C(NCC1CCCO1)N1CCOc2ccccc2C1. The molecule has 1 aromatic carbocycles. The molecule has 2 aliphatic rings. The van der Waals surface area contributed by atoms with Crippen LogP contribution in [-0.4, -0.2) is 43.3 Å². The number of amides is 2. The van der Waals surface area contributed by atoms with Gasteiger partial charge in [0.15, 0.2) is 0 Å². The van der Waals surface area contributed by atoms with Gasteiger partial charge in [0.2, 0.25) is 0 Å². The number of carbonyl (C=O) groups is 1. The van der Waals surface area contributed by atoms with Crippen LogP contribution in [0.1, 0.15) is 18.4 Å². The van der Waals surface area contributed by atoms with E-state index in [9.17, 15) is 4.79 Å². The number of fused-ring (bicyclic) bond motifs is 1. The average molecular weight is 276 g/mol. The summed E-state index contributed by atoms with van der Waals surface area (Å²) in [7, 11) is 0. The van der Waals surface area contributed by atoms with Gasteiger partial charge in [-0.05, 0) is 18.9 Å². The quantitative estimate of drug-likeness (QED) is 0.895. The highest BCUT2D eigenvalue weighted by molar-refractivity contribution is 5.74. The Bertz CT molecular complexity index is 472. The first-order chi connectivity index (χ1) is 9.83. The summed E-state index contributed by atoms with van der Waals surface area (Å²) in [6.45, 7) is 3.13. The predicted molar refractivity (Wildman–Crippen MR) is 74.7 cm³/mol. The molecule has 5 nitrogen and oxygen atoms in total. The molecule has 2 heterocycles. The van der Waals surface area contributed by atoms with Crippen LogP contribution in [0.3, 0.4) is 0 Å². The van der Waals surface area contributed by atoms with Crippen molar-refractivity contribution in [2.24, 2.45) is 0 Å². The number of nitrogens with zero attached hydrogens (tertiary/aromatic N) is 1. The zero-order chi connectivity index (χ0) is 13.8. The van der Waals surface area contributed by atoms with Gasteiger partial charge in [0.25, 0.3) is 0 Å². The first kappa shape index (κ1) is 13.2. The van der Waals surface area contributed by atoms with Gasteiger partial charge in [-0.15, -0.1) is 0 Å². The molecule has 3 rings (SSSR count). The van der Waals surface area contributed by atoms with Gasteiger partial charge in [-0.3, -0.25) is 0 Å². The molecule has 2 aliphatic heterocycles. The van der Waals surface area contributed by atoms with E-state index >= 15 is 0 Å². The third kappa shape index (κ3) is 3.04. The lowest BCUT2D eigenvalue weighted by Crippen LogP contribution is -2.43. The molecule has 0 aromatic heterocycles. The van der Waals surface area contributed by atoms with Gasteiger partial charge in [0.05, 0.1) is 19.2 Å². The summed E-state index contributed by atoms with van der Waals surface area (Å²) >= 11 is 0. The Balaban J connectivity index is 1.57. The molecule has 0 bridgehead atoms. The largest absolute Gasteiger partial charge is 0.491 e. The van der Waals surface area contributed by atoms with Crippen molar-refractivity contribution in [3.8, 4) is 5.75 Å². The lowest BCUT2D eigenvalue weighted by atomic mass is 10.2. The van der Waals surface area contributed by atoms with Crippen molar-refractivity contribution in [1.29, 1.82) is 0 Å². The Labute approximate surface area is 118 Å². The van der Waals surface area contributed by atoms with E-state index < -0.39 is 0 Å². The number of para-hydroxylation sites is 1. The normalized spacial score (nSPS) is 21.8. The van der Waals surface area contributed by atoms with Gasteiger partial charge in [0.1, 0.15) is 12.4 Å². The fourth-order valence-electron chi connectivity index (χ4n) is 2.62. The molecule has 1 unspecified atom stereocenters. The molecule has 20 heavy (non-hydrogen) atoms. The Morgan fingerprint density at radius 2 is 2.25 bits per heavy atom. The smallest absolute Gasteiger partial charge is 0.317 e. The molecule has 0 radical (unpaired) electrons. The molecule has 1 aromatic rings. The zero-order valence-electron chi connectivity index (χ0n) is 11.5. The molecule has 2 amide bonds. The fourth-order valence-corrected chi connectivity index (χ4v) is 2.62. The van der Waals surface area contributed by atoms with E-state index in [0.717, 1.165) is 30.8 Å². The number of carbonyl (C=O) groups excluding carboxylic acids is 1. The number of rotatable bonds is 2. The molecule has 0 saturated carbocycles. The first-order valence-electron chi connectivity index (χ1n) is 7.18. The summed E-state index contributed by atoms with van der Waals surface area (Å²) in [6, 6.07) is 7.83. The molecule has 1 N–H and O–H groups in total. The van der Waals surface area contributed by atoms with Gasteiger partial charge in [0, 0.05) is 18.7 Å². The van der Waals surface area contributed by atoms with Gasteiger partial charge >= 0.3 is 6.03 Å². The molecular weight excluding hydrogens is 256 g/mol. The second-order valence-corrected chi connectivity index (χ2v) is 5.20. The van der Waals surface area contributed by atoms with Crippen molar-refractivity contribution in [3.63, 3.8) is 0 Å². The summed E-state index contributed by atoms with van der Waals surface area (Å²) in [4.78, 5) is 14.0. The number of nitrogens with one attached hydrogen (secondary N) is 1. The van der Waals surface area contributed by atoms with E-state index in [1.54, 1.807) is 4.90 Å². The van der Waals surface area contributed by atoms with Crippen molar-refractivity contribution in [3.05, 3.63) is 29.8 Å². The molecule has 108 valence electrons. The highest BCUT2D eigenvalue weighted by Gasteiger charge is 2.21. The van der Waals surface area contributed by atoms with Crippen molar-refractivity contribution >= 4 is 6.03 Å². The molecule has 1 atom stereocenters. The van der Waals surface area contributed by atoms with Crippen LogP contribution < -0.4 is 10.1 Å². The Morgan fingerprint density at radius 3 is 3.10 bits per heavy atom. The molecule has 1 fully saturated rings. The summed E-state index contributed by atoms with van der Waals surface area (Å²) in [5.41, 5.74) is 1.05. The Morgan fingerprint density at radius 1 is 1.35 bits per heavy atom. The standard InChI is InChI=1S/C15H20N2O3/c18-15(16-10-13-5-3-8-19-13)17-7-9-20-14-6-2-1-4-12(14)11-17/h1-2,4,6,13H,3,5,7-11H2,(H,16,18). The van der Waals surface area contributed by atoms with Crippen LogP contribution >= 0.6 is 0 Å². The molecule has 1 saturated heterocycles. The van der Waals surface area contributed by atoms with Crippen LogP contribution in [0, 0.1) is 0 Å². The monoisotopic (exact) mass is 276 g/mol. The van der Waals surface area contributed by atoms with Crippen LogP contribution in [-0.2, 0) is 11.3 Å². The number of urea groups is 1. The number of benzene rings is 1. The van der Waals surface area contributed by atoms with Gasteiger partial charge in [-0.2, -0.15) is 0 Å². The molecular formula is C15H20N2O3. The summed E-state index contributed by atoms with van der Waals surface area (Å²) in [5, 5.41) is 2.96. The van der Waals surface area contributed by atoms with Crippen molar-refractivity contribution in [2.75, 3.05) is 26.3 Å². The molecule has 0 aliphatic carbocycles. The summed E-state index contributed by atoms with van der Waals surface area (Å²) < 4.78 is 11.2. The van der Waals surface area contributed by atoms with E-state index in [2.05, 4.69) is 5.32 Å². The minimum atomic E-state index is -0.0409. The predicted octanol–water partition coefficient (Wildman–Crippen LogP) is 1.77. The maximum absolute atomic E-state index is 12.2. The number of hydrogen-bond donors (Lipinski definition) is 1. The van der Waals surface area contributed by atoms with E-state index in [-0.39, 0.29) is 12.1 Å². The van der Waals surface area contributed by atoms with E-state index in [1.165, 1.54) is 0 Å². The third-order valence-electron chi connectivity index (χ3n) is 3.74. The highest BCUT2D eigenvalue weighted by atomic mass is 16.5. The van der Waals surface area contributed by atoms with E-state index in [0.29, 0.717) is 26.2 Å². The van der Waals surface area contributed by atoms with Gasteiger partial charge < -0.3 is 19.7 Å². The Kier molecular flexibility index (Phi) is 4.06. The lowest BCUT2D eigenvalue weighted by molar-refractivity contribution is 0.108. The minimum absolute atomic E-state index is 0.0409. The maximum Gasteiger partial charge on any atom is 0.317 e. The van der Waals surface area contributed by atoms with Crippen LogP contribution in [0.2, 0.25) is 0 Å². The number of ether oxygens (including phenoxy) is 2. The average Bonchev–Trinajstić information content (AvgIpc) is 2.89. The van der Waals surface area contributed by atoms with Crippen molar-refractivity contribution in [2.45, 2.75) is 25.5 Å². The second-order valence-electron chi connectivity index (χ2n) is 5.20. The van der Waals surface area contributed by atoms with Crippen molar-refractivity contribution in [1.82, 2.24) is 10.2 Å². The van der Waals surface area contributed by atoms with Crippen LogP contribution in [0.15, 0.2) is 24.3 Å². The second kappa shape index (κ2) is 6.13. The van der Waals surface area contributed by atoms with E-state index in [4.69, 9.17) is 9.47 Å². The first-order valence-corrected chi connectivity index (χ1v) is 7.18. The Hall–Kier alpha value is -1.75. The third-order valence-corrected chi connectivity index (χ3v) is 3.74.